The summed E-state index contributed by atoms with van der Waals surface area (Å²) in [4.78, 5) is 4.66. The molecule has 0 unspecified atom stereocenters. The van der Waals surface area contributed by atoms with Crippen molar-refractivity contribution in [3.8, 4) is 0 Å². The average Bonchev–Trinajstić information content (AvgIpc) is 2.52. The van der Waals surface area contributed by atoms with Crippen LogP contribution in [0.4, 0.5) is 5.82 Å². The molecule has 2 N–H and O–H groups in total. The molecule has 0 saturated heterocycles. The highest BCUT2D eigenvalue weighted by Gasteiger charge is 2.13. The third kappa shape index (κ3) is 5.01. The number of aryl methyl sites for hydroxylation is 1. The zero-order chi connectivity index (χ0) is 17.7. The Kier molecular flexibility index (Phi) is 5.90. The number of hydrogen-bond acceptors (Lipinski definition) is 4. The molecular formula is C17H21N3O2S2. The van der Waals surface area contributed by atoms with E-state index in [4.69, 9.17) is 12.2 Å². The third-order valence-electron chi connectivity index (χ3n) is 3.55. The average molecular weight is 364 g/mol. The molecule has 5 nitrogen and oxygen atoms in total. The first kappa shape index (κ1) is 18.4. The van der Waals surface area contributed by atoms with Crippen LogP contribution in [-0.2, 0) is 9.84 Å². The number of hydrogen-bond donors (Lipinski definition) is 2. The Morgan fingerprint density at radius 1 is 1.21 bits per heavy atom. The van der Waals surface area contributed by atoms with Crippen LogP contribution in [-0.4, -0.2) is 24.8 Å². The standard InChI is InChI=1S/C17H21N3O2S2/c1-4-15(13-8-10-14(11-9-13)24(3,21)22)19-17(23)20-16-7-5-6-12(2)18-16/h5-11,15H,4H2,1-3H3,(H2,18,19,20,23)/t15-/m1/s1. The van der Waals surface area contributed by atoms with Gasteiger partial charge in [-0.2, -0.15) is 0 Å². The van der Waals surface area contributed by atoms with E-state index in [1.165, 1.54) is 6.26 Å². The Morgan fingerprint density at radius 2 is 1.88 bits per heavy atom. The number of sulfone groups is 1. The predicted molar refractivity (Wildman–Crippen MR) is 101 cm³/mol. The van der Waals surface area contributed by atoms with Gasteiger partial charge in [0.1, 0.15) is 5.82 Å². The number of thiocarbonyl (C=S) groups is 1. The maximum absolute atomic E-state index is 11.5. The second kappa shape index (κ2) is 7.72. The van der Waals surface area contributed by atoms with Crippen molar-refractivity contribution in [2.45, 2.75) is 31.2 Å². The van der Waals surface area contributed by atoms with Gasteiger partial charge < -0.3 is 10.6 Å². The fourth-order valence-corrected chi connectivity index (χ4v) is 3.17. The second-order valence-corrected chi connectivity index (χ2v) is 7.99. The molecule has 0 aliphatic rings. The Balaban J connectivity index is 2.07. The topological polar surface area (TPSA) is 71.1 Å². The van der Waals surface area contributed by atoms with Gasteiger partial charge in [0.05, 0.1) is 10.9 Å². The van der Waals surface area contributed by atoms with Crippen LogP contribution >= 0.6 is 12.2 Å². The van der Waals surface area contributed by atoms with Gasteiger partial charge in [0.15, 0.2) is 14.9 Å². The number of anilines is 1. The molecule has 0 fully saturated rings. The Bertz CT molecular complexity index is 818. The van der Waals surface area contributed by atoms with E-state index in [0.29, 0.717) is 15.8 Å². The van der Waals surface area contributed by atoms with Gasteiger partial charge >= 0.3 is 0 Å². The molecule has 0 aliphatic carbocycles. The molecule has 0 aliphatic heterocycles. The first-order valence-electron chi connectivity index (χ1n) is 7.61. The summed E-state index contributed by atoms with van der Waals surface area (Å²) in [6.45, 7) is 3.95. The van der Waals surface area contributed by atoms with Gasteiger partial charge in [0, 0.05) is 11.9 Å². The fraction of sp³-hybridized carbons (Fsp3) is 0.294. The minimum absolute atomic E-state index is 0.0107. The van der Waals surface area contributed by atoms with Crippen LogP contribution in [0.3, 0.4) is 0 Å². The molecule has 0 saturated carbocycles. The van der Waals surface area contributed by atoms with Crippen molar-refractivity contribution in [3.63, 3.8) is 0 Å². The minimum Gasteiger partial charge on any atom is -0.356 e. The maximum atomic E-state index is 11.5. The van der Waals surface area contributed by atoms with E-state index >= 15 is 0 Å². The van der Waals surface area contributed by atoms with Crippen molar-refractivity contribution < 1.29 is 8.42 Å². The van der Waals surface area contributed by atoms with E-state index in [0.717, 1.165) is 17.7 Å². The lowest BCUT2D eigenvalue weighted by Crippen LogP contribution is -2.32. The van der Waals surface area contributed by atoms with E-state index in [1.54, 1.807) is 12.1 Å². The third-order valence-corrected chi connectivity index (χ3v) is 4.90. The highest BCUT2D eigenvalue weighted by molar-refractivity contribution is 7.90. The Hall–Kier alpha value is -1.99. The summed E-state index contributed by atoms with van der Waals surface area (Å²) in [6.07, 6.45) is 2.01. The number of benzene rings is 1. The number of rotatable bonds is 5. The molecule has 7 heteroatoms. The summed E-state index contributed by atoms with van der Waals surface area (Å²) in [7, 11) is -3.19. The fourth-order valence-electron chi connectivity index (χ4n) is 2.29. The summed E-state index contributed by atoms with van der Waals surface area (Å²) in [5.41, 5.74) is 1.89. The van der Waals surface area contributed by atoms with Crippen LogP contribution in [0.15, 0.2) is 47.4 Å². The monoisotopic (exact) mass is 363 g/mol. The smallest absolute Gasteiger partial charge is 0.175 e. The summed E-state index contributed by atoms with van der Waals surface area (Å²) < 4.78 is 23.1. The van der Waals surface area contributed by atoms with Crippen molar-refractivity contribution in [1.29, 1.82) is 0 Å². The summed E-state index contributed by atoms with van der Waals surface area (Å²) in [5, 5.41) is 6.79. The Morgan fingerprint density at radius 3 is 2.42 bits per heavy atom. The van der Waals surface area contributed by atoms with Crippen molar-refractivity contribution in [2.75, 3.05) is 11.6 Å². The van der Waals surface area contributed by atoms with E-state index in [-0.39, 0.29) is 6.04 Å². The molecule has 128 valence electrons. The zero-order valence-corrected chi connectivity index (χ0v) is 15.5. The molecule has 1 heterocycles. The molecule has 2 rings (SSSR count). The maximum Gasteiger partial charge on any atom is 0.175 e. The van der Waals surface area contributed by atoms with Crippen LogP contribution in [0.1, 0.15) is 30.6 Å². The van der Waals surface area contributed by atoms with Crippen LogP contribution < -0.4 is 10.6 Å². The number of nitrogens with one attached hydrogen (secondary N) is 2. The normalized spacial score (nSPS) is 12.5. The van der Waals surface area contributed by atoms with Crippen LogP contribution in [0.5, 0.6) is 0 Å². The highest BCUT2D eigenvalue weighted by Crippen LogP contribution is 2.19. The summed E-state index contributed by atoms with van der Waals surface area (Å²) in [5.74, 6) is 0.690. The summed E-state index contributed by atoms with van der Waals surface area (Å²) >= 11 is 5.35. The van der Waals surface area contributed by atoms with Crippen LogP contribution in [0.2, 0.25) is 0 Å². The lowest BCUT2D eigenvalue weighted by molar-refractivity contribution is 0.601. The van der Waals surface area contributed by atoms with Crippen LogP contribution in [0.25, 0.3) is 0 Å². The number of aromatic nitrogens is 1. The first-order valence-corrected chi connectivity index (χ1v) is 9.90. The van der Waals surface area contributed by atoms with Gasteiger partial charge in [-0.25, -0.2) is 13.4 Å². The molecule has 0 bridgehead atoms. The van der Waals surface area contributed by atoms with E-state index in [9.17, 15) is 8.42 Å². The molecule has 0 radical (unpaired) electrons. The van der Waals surface area contributed by atoms with Crippen LogP contribution in [0, 0.1) is 6.92 Å². The lowest BCUT2D eigenvalue weighted by Gasteiger charge is -2.20. The van der Waals surface area contributed by atoms with Crippen molar-refractivity contribution in [3.05, 3.63) is 53.7 Å². The van der Waals surface area contributed by atoms with Gasteiger partial charge in [-0.05, 0) is 55.4 Å². The zero-order valence-electron chi connectivity index (χ0n) is 13.9. The van der Waals surface area contributed by atoms with E-state index in [2.05, 4.69) is 15.6 Å². The van der Waals surface area contributed by atoms with Crippen molar-refractivity contribution in [2.24, 2.45) is 0 Å². The first-order chi connectivity index (χ1) is 11.3. The predicted octanol–water partition coefficient (Wildman–Crippen LogP) is 3.23. The molecular weight excluding hydrogens is 342 g/mol. The molecule has 2 aromatic rings. The van der Waals surface area contributed by atoms with E-state index < -0.39 is 9.84 Å². The second-order valence-electron chi connectivity index (χ2n) is 5.56. The lowest BCUT2D eigenvalue weighted by atomic mass is 10.1. The largest absolute Gasteiger partial charge is 0.356 e. The summed E-state index contributed by atoms with van der Waals surface area (Å²) in [6, 6.07) is 12.5. The van der Waals surface area contributed by atoms with Gasteiger partial charge in [-0.15, -0.1) is 0 Å². The molecule has 24 heavy (non-hydrogen) atoms. The van der Waals surface area contributed by atoms with E-state index in [1.807, 2.05) is 44.2 Å². The van der Waals surface area contributed by atoms with Crippen molar-refractivity contribution >= 4 is 33.0 Å². The molecule has 1 aromatic heterocycles. The molecule has 1 atom stereocenters. The van der Waals surface area contributed by atoms with Gasteiger partial charge in [0.2, 0.25) is 0 Å². The number of pyridine rings is 1. The van der Waals surface area contributed by atoms with Gasteiger partial charge in [0.25, 0.3) is 0 Å². The van der Waals surface area contributed by atoms with Gasteiger partial charge in [-0.3, -0.25) is 0 Å². The van der Waals surface area contributed by atoms with Gasteiger partial charge in [-0.1, -0.05) is 25.1 Å². The minimum atomic E-state index is -3.19. The quantitative estimate of drug-likeness (QED) is 0.795. The molecule has 1 aromatic carbocycles. The molecule has 0 amide bonds. The van der Waals surface area contributed by atoms with Crippen molar-refractivity contribution in [1.82, 2.24) is 10.3 Å². The number of nitrogens with zero attached hydrogens (tertiary/aromatic N) is 1. The molecule has 0 spiro atoms. The Labute approximate surface area is 148 Å². The SMILES string of the molecule is CC[C@@H](NC(=S)Nc1cccc(C)n1)c1ccc(S(C)(=O)=O)cc1. The highest BCUT2D eigenvalue weighted by atomic mass is 32.2.